The van der Waals surface area contributed by atoms with Crippen molar-refractivity contribution < 1.29 is 0 Å². The average molecular weight is 672 g/mol. The first-order valence-corrected chi connectivity index (χ1v) is 20.1. The van der Waals surface area contributed by atoms with Crippen molar-refractivity contribution >= 4 is 28.8 Å². The number of para-hydroxylation sites is 1. The minimum Gasteiger partial charge on any atom is -0.309 e. The predicted octanol–water partition coefficient (Wildman–Crippen LogP) is 13.4. The van der Waals surface area contributed by atoms with E-state index in [1.165, 1.54) is 94.1 Å². The molecule has 0 atom stereocenters. The number of hydrogen-bond acceptors (Lipinski definition) is 2. The highest BCUT2D eigenvalue weighted by Crippen LogP contribution is 2.70. The molecule has 4 saturated carbocycles. The molecule has 5 aromatic carbocycles. The van der Waals surface area contributed by atoms with Gasteiger partial charge in [0.15, 0.2) is 0 Å². The van der Waals surface area contributed by atoms with Crippen LogP contribution < -0.4 is 4.90 Å². The van der Waals surface area contributed by atoms with Crippen LogP contribution in [0.5, 0.6) is 0 Å². The van der Waals surface area contributed by atoms with Gasteiger partial charge in [0, 0.05) is 20.9 Å². The fourth-order valence-electron chi connectivity index (χ4n) is 11.8. The number of nitrogens with zero attached hydrogens (tertiary/aromatic N) is 1. The van der Waals surface area contributed by atoms with Crippen LogP contribution in [0.1, 0.15) is 94.9 Å². The second-order valence-corrected chi connectivity index (χ2v) is 18.7. The van der Waals surface area contributed by atoms with Gasteiger partial charge in [0.05, 0.1) is 11.4 Å². The molecule has 0 amide bonds. The second kappa shape index (κ2) is 11.1. The van der Waals surface area contributed by atoms with E-state index in [1.807, 2.05) is 11.8 Å². The Morgan fingerprint density at radius 1 is 0.540 bits per heavy atom. The molecule has 6 aliphatic rings. The van der Waals surface area contributed by atoms with Crippen LogP contribution in [-0.4, -0.2) is 0 Å². The molecule has 0 radical (unpaired) electrons. The SMILES string of the molecule is CC1(C)CCC(C)(C)c2c(N(c3ccccc3)c3cccc4c3Sc3cc(-c5ccccc5)ccc3C43C4CC5CC(C4)CC3C5)cccc21. The Balaban J connectivity index is 1.24. The highest BCUT2D eigenvalue weighted by molar-refractivity contribution is 7.99. The number of benzene rings is 5. The smallest absolute Gasteiger partial charge is 0.0604 e. The van der Waals surface area contributed by atoms with Gasteiger partial charge in [-0.2, -0.15) is 0 Å². The van der Waals surface area contributed by atoms with Gasteiger partial charge in [-0.25, -0.2) is 0 Å². The van der Waals surface area contributed by atoms with E-state index in [0.717, 1.165) is 11.8 Å². The summed E-state index contributed by atoms with van der Waals surface area (Å²) >= 11 is 2.05. The molecule has 0 aromatic heterocycles. The van der Waals surface area contributed by atoms with E-state index in [4.69, 9.17) is 0 Å². The summed E-state index contributed by atoms with van der Waals surface area (Å²) in [5.41, 5.74) is 13.1. The van der Waals surface area contributed by atoms with Crippen molar-refractivity contribution in [2.75, 3.05) is 4.90 Å². The van der Waals surface area contributed by atoms with Gasteiger partial charge in [-0.1, -0.05) is 124 Å². The molecular weight excluding hydrogens is 623 g/mol. The molecule has 2 heteroatoms. The maximum Gasteiger partial charge on any atom is 0.0604 e. The van der Waals surface area contributed by atoms with E-state index in [0.29, 0.717) is 11.8 Å². The molecule has 1 heterocycles. The van der Waals surface area contributed by atoms with Crippen molar-refractivity contribution in [3.63, 3.8) is 0 Å². The second-order valence-electron chi connectivity index (χ2n) is 17.6. The van der Waals surface area contributed by atoms with E-state index in [2.05, 4.69) is 148 Å². The summed E-state index contributed by atoms with van der Waals surface area (Å²) < 4.78 is 0. The molecule has 1 aliphatic heterocycles. The third-order valence-corrected chi connectivity index (χ3v) is 15.1. The summed E-state index contributed by atoms with van der Waals surface area (Å²) in [7, 11) is 0. The Morgan fingerprint density at radius 2 is 1.16 bits per heavy atom. The third kappa shape index (κ3) is 4.46. The van der Waals surface area contributed by atoms with Crippen molar-refractivity contribution in [1.29, 1.82) is 0 Å². The van der Waals surface area contributed by atoms with Crippen LogP contribution in [-0.2, 0) is 16.2 Å². The van der Waals surface area contributed by atoms with Crippen molar-refractivity contribution in [2.45, 2.75) is 98.7 Å². The first-order chi connectivity index (χ1) is 24.2. The summed E-state index contributed by atoms with van der Waals surface area (Å²) in [6.07, 6.45) is 9.43. The van der Waals surface area contributed by atoms with Gasteiger partial charge in [-0.3, -0.25) is 0 Å². The third-order valence-electron chi connectivity index (χ3n) is 13.9. The van der Waals surface area contributed by atoms with Crippen molar-refractivity contribution in [3.8, 4) is 11.1 Å². The van der Waals surface area contributed by atoms with Gasteiger partial charge in [-0.15, -0.1) is 0 Å². The van der Waals surface area contributed by atoms with E-state index in [9.17, 15) is 0 Å². The summed E-state index contributed by atoms with van der Waals surface area (Å²) in [4.78, 5) is 5.61. The van der Waals surface area contributed by atoms with Crippen LogP contribution >= 0.6 is 11.8 Å². The van der Waals surface area contributed by atoms with Gasteiger partial charge in [0.25, 0.3) is 0 Å². The first kappa shape index (κ1) is 31.0. The highest BCUT2D eigenvalue weighted by Gasteiger charge is 2.61. The van der Waals surface area contributed by atoms with Gasteiger partial charge in [-0.05, 0) is 143 Å². The predicted molar refractivity (Wildman–Crippen MR) is 210 cm³/mol. The maximum atomic E-state index is 2.66. The summed E-state index contributed by atoms with van der Waals surface area (Å²) in [6.45, 7) is 9.87. The van der Waals surface area contributed by atoms with Crippen LogP contribution in [0.15, 0.2) is 125 Å². The fourth-order valence-corrected chi connectivity index (χ4v) is 13.2. The lowest BCUT2D eigenvalue weighted by molar-refractivity contribution is -0.0443. The Labute approximate surface area is 303 Å². The molecule has 11 rings (SSSR count). The lowest BCUT2D eigenvalue weighted by atomic mass is 9.42. The van der Waals surface area contributed by atoms with Gasteiger partial charge in [0.2, 0.25) is 0 Å². The lowest BCUT2D eigenvalue weighted by Gasteiger charge is -2.63. The quantitative estimate of drug-likeness (QED) is 0.187. The Hall–Kier alpha value is -3.75. The lowest BCUT2D eigenvalue weighted by Crippen LogP contribution is -2.57. The monoisotopic (exact) mass is 671 g/mol. The topological polar surface area (TPSA) is 3.24 Å². The zero-order valence-corrected chi connectivity index (χ0v) is 30.9. The number of fused-ring (bicyclic) bond motifs is 3. The van der Waals surface area contributed by atoms with Crippen molar-refractivity contribution in [2.24, 2.45) is 23.7 Å². The molecule has 1 nitrogen and oxygen atoms in total. The largest absolute Gasteiger partial charge is 0.309 e. The molecule has 0 unspecified atom stereocenters. The Bertz CT molecular complexity index is 2080. The van der Waals surface area contributed by atoms with E-state index in [-0.39, 0.29) is 16.2 Å². The molecule has 50 heavy (non-hydrogen) atoms. The zero-order chi connectivity index (χ0) is 33.8. The fraction of sp³-hybridized carbons (Fsp3) is 0.375. The molecule has 0 saturated heterocycles. The van der Waals surface area contributed by atoms with Gasteiger partial charge >= 0.3 is 0 Å². The number of hydrogen-bond donors (Lipinski definition) is 0. The van der Waals surface area contributed by atoms with Crippen LogP contribution in [0.25, 0.3) is 11.1 Å². The van der Waals surface area contributed by atoms with Crippen molar-refractivity contribution in [1.82, 2.24) is 0 Å². The maximum absolute atomic E-state index is 2.66. The molecule has 4 fully saturated rings. The normalized spacial score (nSPS) is 27.8. The van der Waals surface area contributed by atoms with E-state index >= 15 is 0 Å². The van der Waals surface area contributed by atoms with E-state index < -0.39 is 0 Å². The average Bonchev–Trinajstić information content (AvgIpc) is 3.12. The molecule has 0 N–H and O–H groups in total. The standard InChI is InChI=1S/C48H49NS/c1-46(2)23-24-47(3,4)44-39(46)17-11-19-41(44)49(37-15-9-6-10-16-37)42-20-12-18-40-45(42)50-43-30-34(33-13-7-5-8-14-33)21-22-38(43)48(40)35-26-31-25-32(28-35)29-36(48)27-31/h5-22,30-32,35-36H,23-29H2,1-4H3. The Kier molecular flexibility index (Phi) is 6.90. The molecule has 1 spiro atoms. The first-order valence-electron chi connectivity index (χ1n) is 19.2. The zero-order valence-electron chi connectivity index (χ0n) is 30.1. The van der Waals surface area contributed by atoms with Gasteiger partial charge in [0.1, 0.15) is 0 Å². The van der Waals surface area contributed by atoms with Crippen molar-refractivity contribution in [3.05, 3.63) is 138 Å². The van der Waals surface area contributed by atoms with Crippen LogP contribution in [0.3, 0.4) is 0 Å². The molecule has 252 valence electrons. The molecule has 5 aromatic rings. The number of rotatable bonds is 4. The van der Waals surface area contributed by atoms with Gasteiger partial charge < -0.3 is 4.90 Å². The molecule has 5 aliphatic carbocycles. The highest BCUT2D eigenvalue weighted by atomic mass is 32.2. The van der Waals surface area contributed by atoms with Crippen LogP contribution in [0, 0.1) is 23.7 Å². The van der Waals surface area contributed by atoms with E-state index in [1.54, 1.807) is 11.1 Å². The summed E-state index contributed by atoms with van der Waals surface area (Å²) in [5, 5.41) is 0. The molecule has 4 bridgehead atoms. The summed E-state index contributed by atoms with van der Waals surface area (Å²) in [6, 6.07) is 44.4. The van der Waals surface area contributed by atoms with Crippen LogP contribution in [0.2, 0.25) is 0 Å². The molecular formula is C48H49NS. The minimum absolute atomic E-state index is 0.0777. The summed E-state index contributed by atoms with van der Waals surface area (Å²) in [5.74, 6) is 3.26. The minimum atomic E-state index is 0.0777. The number of anilines is 3. The Morgan fingerprint density at radius 3 is 1.86 bits per heavy atom. The van der Waals surface area contributed by atoms with Crippen LogP contribution in [0.4, 0.5) is 17.1 Å².